The Bertz CT molecular complexity index is 784. The molecule has 1 radical (unpaired) electrons. The van der Waals surface area contributed by atoms with Gasteiger partial charge in [0, 0.05) is 29.1 Å². The Balaban J connectivity index is 1.71. The summed E-state index contributed by atoms with van der Waals surface area (Å²) >= 11 is 1.83. The molecule has 22 heavy (non-hydrogen) atoms. The summed E-state index contributed by atoms with van der Waals surface area (Å²) in [6.45, 7) is 0.867. The summed E-state index contributed by atoms with van der Waals surface area (Å²) in [4.78, 5) is 2.35. The highest BCUT2D eigenvalue weighted by atomic mass is 32.2. The maximum absolute atomic E-state index is 13.2. The molecule has 0 saturated carbocycles. The maximum Gasteiger partial charge on any atom is 0.123 e. The van der Waals surface area contributed by atoms with Crippen LogP contribution in [0.15, 0.2) is 48.7 Å². The van der Waals surface area contributed by atoms with Crippen molar-refractivity contribution in [2.24, 2.45) is 0 Å². The highest BCUT2D eigenvalue weighted by Crippen LogP contribution is 2.36. The second-order valence-electron chi connectivity index (χ2n) is 5.36. The fraction of sp³-hybridized carbons (Fsp3) is 0.176. The number of H-pyrrole nitrogens is 1. The molecule has 4 rings (SSSR count). The number of aromatic amines is 1. The maximum atomic E-state index is 13.2. The van der Waals surface area contributed by atoms with E-state index in [9.17, 15) is 4.39 Å². The van der Waals surface area contributed by atoms with Gasteiger partial charge in [-0.25, -0.2) is 4.39 Å². The average Bonchev–Trinajstić information content (AvgIpc) is 3.03. The van der Waals surface area contributed by atoms with Gasteiger partial charge in [0.25, 0.3) is 0 Å². The van der Waals surface area contributed by atoms with Crippen LogP contribution in [0.2, 0.25) is 0 Å². The number of hydrogen-bond acceptors (Lipinski definition) is 3. The molecule has 1 fully saturated rings. The number of rotatable bonds is 2. The summed E-state index contributed by atoms with van der Waals surface area (Å²) in [7, 11) is 0. The van der Waals surface area contributed by atoms with E-state index in [0.29, 0.717) is 0 Å². The molecule has 1 saturated heterocycles. The molecule has 0 spiro atoms. The Morgan fingerprint density at radius 2 is 2.05 bits per heavy atom. The van der Waals surface area contributed by atoms with Crippen molar-refractivity contribution in [3.8, 4) is 0 Å². The van der Waals surface area contributed by atoms with Crippen LogP contribution >= 0.6 is 11.8 Å². The third-order valence-electron chi connectivity index (χ3n) is 4.03. The van der Waals surface area contributed by atoms with Gasteiger partial charge in [-0.3, -0.25) is 5.10 Å². The first kappa shape index (κ1) is 13.6. The van der Waals surface area contributed by atoms with Crippen LogP contribution in [-0.2, 0) is 0 Å². The number of thioether (sulfide) groups is 1. The Morgan fingerprint density at radius 3 is 2.91 bits per heavy atom. The SMILES string of the molecule is Fc1ccc(C2CS[CH]CN2c2ccc3cn[nH]c3c2)cc1. The van der Waals surface area contributed by atoms with E-state index in [-0.39, 0.29) is 11.9 Å². The number of hydrogen-bond donors (Lipinski definition) is 1. The van der Waals surface area contributed by atoms with Gasteiger partial charge < -0.3 is 4.90 Å². The summed E-state index contributed by atoms with van der Waals surface area (Å²) in [6.07, 6.45) is 1.83. The molecule has 0 bridgehead atoms. The van der Waals surface area contributed by atoms with E-state index < -0.39 is 0 Å². The normalized spacial score (nSPS) is 18.8. The highest BCUT2D eigenvalue weighted by molar-refractivity contribution is 8.01. The second kappa shape index (κ2) is 5.65. The average molecular weight is 312 g/mol. The molecule has 0 aliphatic carbocycles. The lowest BCUT2D eigenvalue weighted by molar-refractivity contribution is 0.624. The number of halogens is 1. The predicted molar refractivity (Wildman–Crippen MR) is 89.3 cm³/mol. The summed E-state index contributed by atoms with van der Waals surface area (Å²) < 4.78 is 13.2. The number of aromatic nitrogens is 2. The number of anilines is 1. The first-order valence-corrected chi connectivity index (χ1v) is 8.25. The van der Waals surface area contributed by atoms with E-state index in [1.54, 1.807) is 0 Å². The predicted octanol–water partition coefficient (Wildman–Crippen LogP) is 4.16. The van der Waals surface area contributed by atoms with Crippen LogP contribution in [0, 0.1) is 11.6 Å². The van der Waals surface area contributed by atoms with Crippen molar-refractivity contribution in [3.63, 3.8) is 0 Å². The number of benzene rings is 2. The summed E-state index contributed by atoms with van der Waals surface area (Å²) in [5.74, 6) is 2.99. The minimum Gasteiger partial charge on any atom is -0.362 e. The van der Waals surface area contributed by atoms with Gasteiger partial charge in [0.05, 0.1) is 17.8 Å². The molecule has 5 heteroatoms. The van der Waals surface area contributed by atoms with Crippen molar-refractivity contribution < 1.29 is 4.39 Å². The molecule has 111 valence electrons. The third kappa shape index (κ3) is 2.46. The fourth-order valence-corrected chi connectivity index (χ4v) is 3.82. The van der Waals surface area contributed by atoms with Crippen LogP contribution in [0.3, 0.4) is 0 Å². The number of fused-ring (bicyclic) bond motifs is 1. The van der Waals surface area contributed by atoms with Gasteiger partial charge in [0.2, 0.25) is 0 Å². The zero-order valence-electron chi connectivity index (χ0n) is 11.9. The van der Waals surface area contributed by atoms with Crippen LogP contribution in [-0.4, -0.2) is 22.5 Å². The van der Waals surface area contributed by atoms with Crippen molar-refractivity contribution in [2.75, 3.05) is 17.2 Å². The van der Waals surface area contributed by atoms with Crippen LogP contribution in [0.1, 0.15) is 11.6 Å². The van der Waals surface area contributed by atoms with Crippen LogP contribution < -0.4 is 4.90 Å². The third-order valence-corrected chi connectivity index (χ3v) is 4.92. The molecule has 0 amide bonds. The number of nitrogens with zero attached hydrogens (tertiary/aromatic N) is 2. The lowest BCUT2D eigenvalue weighted by Gasteiger charge is -2.37. The van der Waals surface area contributed by atoms with Crippen molar-refractivity contribution in [3.05, 3.63) is 65.8 Å². The Kier molecular flexibility index (Phi) is 3.50. The molecule has 2 heterocycles. The first-order valence-electron chi connectivity index (χ1n) is 7.20. The molecule has 2 aromatic carbocycles. The largest absolute Gasteiger partial charge is 0.362 e. The van der Waals surface area contributed by atoms with Crippen molar-refractivity contribution in [1.82, 2.24) is 10.2 Å². The lowest BCUT2D eigenvalue weighted by Crippen LogP contribution is -2.34. The van der Waals surface area contributed by atoms with E-state index >= 15 is 0 Å². The molecule has 3 nitrogen and oxygen atoms in total. The molecular formula is C17H15FN3S. The van der Waals surface area contributed by atoms with Gasteiger partial charge in [0.15, 0.2) is 0 Å². The van der Waals surface area contributed by atoms with E-state index in [1.165, 1.54) is 12.1 Å². The summed E-state index contributed by atoms with van der Waals surface area (Å²) in [6, 6.07) is 13.4. The van der Waals surface area contributed by atoms with E-state index in [1.807, 2.05) is 30.1 Å². The molecule has 1 aromatic heterocycles. The molecule has 3 aromatic rings. The Hall–Kier alpha value is -2.01. The summed E-state index contributed by atoms with van der Waals surface area (Å²) in [5, 5.41) is 8.21. The molecule has 1 aliphatic rings. The van der Waals surface area contributed by atoms with Gasteiger partial charge in [0.1, 0.15) is 5.82 Å². The first-order chi connectivity index (χ1) is 10.8. The van der Waals surface area contributed by atoms with E-state index in [2.05, 4.69) is 39.0 Å². The minimum atomic E-state index is -0.191. The zero-order chi connectivity index (χ0) is 14.9. The van der Waals surface area contributed by atoms with E-state index in [4.69, 9.17) is 0 Å². The van der Waals surface area contributed by atoms with Gasteiger partial charge in [-0.05, 0) is 35.9 Å². The van der Waals surface area contributed by atoms with E-state index in [0.717, 1.165) is 34.5 Å². The molecule has 1 aliphatic heterocycles. The molecule has 1 atom stereocenters. The van der Waals surface area contributed by atoms with Crippen LogP contribution in [0.4, 0.5) is 10.1 Å². The fourth-order valence-electron chi connectivity index (χ4n) is 2.86. The van der Waals surface area contributed by atoms with Gasteiger partial charge in [-0.15, -0.1) is 0 Å². The molecular weight excluding hydrogens is 297 g/mol. The standard InChI is InChI=1S/C17H15FN3S/c18-14-4-1-12(2-5-14)17-11-22-8-7-21(17)15-6-3-13-10-19-20-16(13)9-15/h1-6,8-10,17H,7,11H2,(H,19,20). The summed E-state index contributed by atoms with van der Waals surface area (Å²) in [5.41, 5.74) is 3.34. The molecule has 1 N–H and O–H groups in total. The quantitative estimate of drug-likeness (QED) is 0.771. The van der Waals surface area contributed by atoms with Crippen LogP contribution in [0.5, 0.6) is 0 Å². The smallest absolute Gasteiger partial charge is 0.123 e. The minimum absolute atomic E-state index is 0.191. The second-order valence-corrected chi connectivity index (χ2v) is 6.36. The molecule has 1 unspecified atom stereocenters. The van der Waals surface area contributed by atoms with Crippen molar-refractivity contribution >= 4 is 28.4 Å². The number of nitrogens with one attached hydrogen (secondary N) is 1. The Labute approximate surface area is 132 Å². The monoisotopic (exact) mass is 312 g/mol. The van der Waals surface area contributed by atoms with Gasteiger partial charge >= 0.3 is 0 Å². The highest BCUT2D eigenvalue weighted by Gasteiger charge is 2.25. The van der Waals surface area contributed by atoms with Gasteiger partial charge in [-0.2, -0.15) is 16.9 Å². The van der Waals surface area contributed by atoms with Gasteiger partial charge in [-0.1, -0.05) is 12.1 Å². The van der Waals surface area contributed by atoms with Crippen molar-refractivity contribution in [1.29, 1.82) is 0 Å². The zero-order valence-corrected chi connectivity index (χ0v) is 12.7. The lowest BCUT2D eigenvalue weighted by atomic mass is 10.1. The van der Waals surface area contributed by atoms with Crippen LogP contribution in [0.25, 0.3) is 10.9 Å². The Morgan fingerprint density at radius 1 is 1.18 bits per heavy atom. The van der Waals surface area contributed by atoms with Crippen molar-refractivity contribution in [2.45, 2.75) is 6.04 Å². The topological polar surface area (TPSA) is 31.9 Å².